The number of carbonyl (C=O) groups excluding carboxylic acids is 1. The lowest BCUT2D eigenvalue weighted by Crippen LogP contribution is -2.14. The second-order valence-corrected chi connectivity index (χ2v) is 6.08. The van der Waals surface area contributed by atoms with E-state index in [1.165, 1.54) is 0 Å². The van der Waals surface area contributed by atoms with Crippen LogP contribution in [0, 0.1) is 10.5 Å². The van der Waals surface area contributed by atoms with Crippen LogP contribution in [0.3, 0.4) is 0 Å². The first-order valence-corrected chi connectivity index (χ1v) is 8.60. The second-order valence-electron chi connectivity index (χ2n) is 4.92. The molecule has 0 aliphatic rings. The van der Waals surface area contributed by atoms with E-state index >= 15 is 0 Å². The number of ether oxygens (including phenoxy) is 2. The van der Waals surface area contributed by atoms with E-state index in [4.69, 9.17) is 9.47 Å². The largest absolute Gasteiger partial charge is 0.490 e. The van der Waals surface area contributed by atoms with Crippen molar-refractivity contribution in [1.82, 2.24) is 0 Å². The van der Waals surface area contributed by atoms with Crippen molar-refractivity contribution in [2.24, 2.45) is 0 Å². The number of hydrogen-bond acceptors (Lipinski definition) is 3. The Bertz CT molecular complexity index is 701. The number of para-hydroxylation sites is 1. The highest BCUT2D eigenvalue weighted by Gasteiger charge is 2.16. The Morgan fingerprint density at radius 1 is 1.13 bits per heavy atom. The van der Waals surface area contributed by atoms with Gasteiger partial charge in [0.1, 0.15) is 0 Å². The Balaban J connectivity index is 2.31. The molecule has 0 fully saturated rings. The topological polar surface area (TPSA) is 47.6 Å². The zero-order valence-corrected chi connectivity index (χ0v) is 15.6. The van der Waals surface area contributed by atoms with Gasteiger partial charge in [-0.15, -0.1) is 0 Å². The molecule has 2 aromatic rings. The molecular formula is C18H20INO3. The van der Waals surface area contributed by atoms with Gasteiger partial charge < -0.3 is 14.8 Å². The predicted octanol–water partition coefficient (Wildman–Crippen LogP) is 4.65. The van der Waals surface area contributed by atoms with Crippen molar-refractivity contribution in [2.75, 3.05) is 18.5 Å². The molecule has 0 atom stereocenters. The van der Waals surface area contributed by atoms with Gasteiger partial charge in [0.2, 0.25) is 0 Å². The van der Waals surface area contributed by atoms with E-state index in [1.807, 2.05) is 51.1 Å². The predicted molar refractivity (Wildman–Crippen MR) is 101 cm³/mol. The minimum Gasteiger partial charge on any atom is -0.490 e. The van der Waals surface area contributed by atoms with Gasteiger partial charge in [0.25, 0.3) is 5.91 Å². The number of carbonyl (C=O) groups is 1. The van der Waals surface area contributed by atoms with E-state index in [-0.39, 0.29) is 5.91 Å². The second kappa shape index (κ2) is 8.19. The van der Waals surface area contributed by atoms with Crippen LogP contribution in [0.25, 0.3) is 0 Å². The summed E-state index contributed by atoms with van der Waals surface area (Å²) in [6.45, 7) is 6.85. The van der Waals surface area contributed by atoms with E-state index in [9.17, 15) is 4.79 Å². The maximum atomic E-state index is 12.5. The minimum atomic E-state index is -0.166. The van der Waals surface area contributed by atoms with Crippen molar-refractivity contribution in [3.05, 3.63) is 51.1 Å². The van der Waals surface area contributed by atoms with Gasteiger partial charge >= 0.3 is 0 Å². The Hall–Kier alpha value is -1.76. The Morgan fingerprint density at radius 3 is 2.48 bits per heavy atom. The molecule has 1 amide bonds. The van der Waals surface area contributed by atoms with Crippen molar-refractivity contribution >= 4 is 34.2 Å². The zero-order valence-electron chi connectivity index (χ0n) is 13.5. The van der Waals surface area contributed by atoms with Gasteiger partial charge in [-0.3, -0.25) is 4.79 Å². The average molecular weight is 425 g/mol. The zero-order chi connectivity index (χ0) is 16.8. The summed E-state index contributed by atoms with van der Waals surface area (Å²) in [7, 11) is 0. The lowest BCUT2D eigenvalue weighted by atomic mass is 10.1. The highest BCUT2D eigenvalue weighted by molar-refractivity contribution is 14.1. The van der Waals surface area contributed by atoms with Gasteiger partial charge in [-0.2, -0.15) is 0 Å². The quantitative estimate of drug-likeness (QED) is 0.686. The summed E-state index contributed by atoms with van der Waals surface area (Å²) < 4.78 is 12.1. The standard InChI is InChI=1S/C18H20INO3/c1-4-22-16-11-13(10-14(19)17(16)23-5-2)18(21)20-15-9-7-6-8-12(15)3/h6-11H,4-5H2,1-3H3,(H,20,21). The molecule has 0 aliphatic carbocycles. The van der Waals surface area contributed by atoms with Crippen molar-refractivity contribution in [3.63, 3.8) is 0 Å². The van der Waals surface area contributed by atoms with E-state index in [2.05, 4.69) is 27.9 Å². The molecule has 5 heteroatoms. The van der Waals surface area contributed by atoms with Crippen LogP contribution in [-0.2, 0) is 0 Å². The molecule has 0 spiro atoms. The summed E-state index contributed by atoms with van der Waals surface area (Å²) in [4.78, 5) is 12.5. The maximum absolute atomic E-state index is 12.5. The van der Waals surface area contributed by atoms with Crippen molar-refractivity contribution in [1.29, 1.82) is 0 Å². The summed E-state index contributed by atoms with van der Waals surface area (Å²) in [6, 6.07) is 11.2. The molecule has 2 aromatic carbocycles. The third-order valence-corrected chi connectivity index (χ3v) is 4.05. The van der Waals surface area contributed by atoms with Crippen LogP contribution in [0.5, 0.6) is 11.5 Å². The summed E-state index contributed by atoms with van der Waals surface area (Å²) in [5.41, 5.74) is 2.37. The molecule has 0 radical (unpaired) electrons. The molecular weight excluding hydrogens is 405 g/mol. The highest BCUT2D eigenvalue weighted by Crippen LogP contribution is 2.34. The average Bonchev–Trinajstić information content (AvgIpc) is 2.53. The third kappa shape index (κ3) is 4.37. The first kappa shape index (κ1) is 17.6. The number of rotatable bonds is 6. The fourth-order valence-electron chi connectivity index (χ4n) is 2.15. The van der Waals surface area contributed by atoms with Crippen LogP contribution >= 0.6 is 22.6 Å². The number of nitrogens with one attached hydrogen (secondary N) is 1. The van der Waals surface area contributed by atoms with Gasteiger partial charge in [0, 0.05) is 11.3 Å². The van der Waals surface area contributed by atoms with E-state index < -0.39 is 0 Å². The van der Waals surface area contributed by atoms with E-state index in [0.29, 0.717) is 30.3 Å². The van der Waals surface area contributed by atoms with Gasteiger partial charge in [-0.25, -0.2) is 0 Å². The summed E-state index contributed by atoms with van der Waals surface area (Å²) in [5.74, 6) is 1.11. The monoisotopic (exact) mass is 425 g/mol. The number of anilines is 1. The highest BCUT2D eigenvalue weighted by atomic mass is 127. The normalized spacial score (nSPS) is 10.3. The van der Waals surface area contributed by atoms with Crippen molar-refractivity contribution < 1.29 is 14.3 Å². The van der Waals surface area contributed by atoms with Gasteiger partial charge in [0.15, 0.2) is 11.5 Å². The molecule has 0 saturated heterocycles. The van der Waals surface area contributed by atoms with Gasteiger partial charge in [-0.1, -0.05) is 18.2 Å². The Morgan fingerprint density at radius 2 is 1.83 bits per heavy atom. The summed E-state index contributed by atoms with van der Waals surface area (Å²) >= 11 is 2.16. The van der Waals surface area contributed by atoms with E-state index in [0.717, 1.165) is 14.8 Å². The molecule has 0 heterocycles. The molecule has 122 valence electrons. The molecule has 23 heavy (non-hydrogen) atoms. The molecule has 4 nitrogen and oxygen atoms in total. The fraction of sp³-hybridized carbons (Fsp3) is 0.278. The number of halogens is 1. The fourth-order valence-corrected chi connectivity index (χ4v) is 2.91. The molecule has 0 bridgehead atoms. The Labute approximate surface area is 150 Å². The van der Waals surface area contributed by atoms with Crippen LogP contribution in [-0.4, -0.2) is 19.1 Å². The lowest BCUT2D eigenvalue weighted by molar-refractivity contribution is 0.102. The molecule has 0 unspecified atom stereocenters. The third-order valence-electron chi connectivity index (χ3n) is 3.25. The summed E-state index contributed by atoms with van der Waals surface area (Å²) in [5, 5.41) is 2.94. The first-order valence-electron chi connectivity index (χ1n) is 7.52. The molecule has 0 saturated carbocycles. The maximum Gasteiger partial charge on any atom is 0.255 e. The molecule has 1 N–H and O–H groups in total. The summed E-state index contributed by atoms with van der Waals surface area (Å²) in [6.07, 6.45) is 0. The van der Waals surface area contributed by atoms with E-state index in [1.54, 1.807) is 6.07 Å². The smallest absolute Gasteiger partial charge is 0.255 e. The van der Waals surface area contributed by atoms with Crippen LogP contribution < -0.4 is 14.8 Å². The number of benzene rings is 2. The van der Waals surface area contributed by atoms with Crippen LogP contribution in [0.2, 0.25) is 0 Å². The van der Waals surface area contributed by atoms with Crippen LogP contribution in [0.4, 0.5) is 5.69 Å². The molecule has 0 aliphatic heterocycles. The first-order chi connectivity index (χ1) is 11.1. The number of hydrogen-bond donors (Lipinski definition) is 1. The van der Waals surface area contributed by atoms with Crippen LogP contribution in [0.1, 0.15) is 29.8 Å². The van der Waals surface area contributed by atoms with Crippen molar-refractivity contribution in [3.8, 4) is 11.5 Å². The SMILES string of the molecule is CCOc1cc(C(=O)Nc2ccccc2C)cc(I)c1OCC. The van der Waals surface area contributed by atoms with Crippen LogP contribution in [0.15, 0.2) is 36.4 Å². The van der Waals surface area contributed by atoms with Gasteiger partial charge in [0.05, 0.1) is 16.8 Å². The number of aryl methyl sites for hydroxylation is 1. The number of amides is 1. The lowest BCUT2D eigenvalue weighted by Gasteiger charge is -2.15. The van der Waals surface area contributed by atoms with Gasteiger partial charge in [-0.05, 0) is 67.1 Å². The van der Waals surface area contributed by atoms with Crippen molar-refractivity contribution in [2.45, 2.75) is 20.8 Å². The Kier molecular flexibility index (Phi) is 6.27. The molecule has 2 rings (SSSR count). The minimum absolute atomic E-state index is 0.166. The molecule has 0 aromatic heterocycles.